The number of carboxylic acids is 1. The number of carboxylic acid groups (broad SMARTS) is 1. The fourth-order valence-corrected chi connectivity index (χ4v) is 0.609. The minimum atomic E-state index is -0.913. The van der Waals surface area contributed by atoms with E-state index in [1.165, 1.54) is 0 Å². The Labute approximate surface area is 71.7 Å². The van der Waals surface area contributed by atoms with Crippen LogP contribution in [0.25, 0.3) is 0 Å². The number of rotatable bonds is 3. The second-order valence-electron chi connectivity index (χ2n) is 2.57. The number of carbonyl (C=O) groups is 1. The van der Waals surface area contributed by atoms with Gasteiger partial charge in [-0.05, 0) is 12.3 Å². The topological polar surface area (TPSA) is 63.3 Å². The van der Waals surface area contributed by atoms with Gasteiger partial charge in [-0.15, -0.1) is 0 Å². The van der Waals surface area contributed by atoms with Gasteiger partial charge in [0, 0.05) is 0 Å². The first-order valence-corrected chi connectivity index (χ1v) is 3.02. The SMILES string of the molecule is CC(C)CC(N)C(=O)O.[AlH3]. The van der Waals surface area contributed by atoms with Gasteiger partial charge in [-0.1, -0.05) is 13.8 Å². The molecule has 0 radical (unpaired) electrons. The highest BCUT2D eigenvalue weighted by Gasteiger charge is 2.11. The molecule has 0 aromatic carbocycles. The largest absolute Gasteiger partial charge is 0.480 e. The van der Waals surface area contributed by atoms with Gasteiger partial charge in [0.15, 0.2) is 17.4 Å². The number of hydrogen-bond donors (Lipinski definition) is 2. The molecule has 10 heavy (non-hydrogen) atoms. The summed E-state index contributed by atoms with van der Waals surface area (Å²) in [7, 11) is 0. The molecular weight excluding hydrogens is 145 g/mol. The van der Waals surface area contributed by atoms with Crippen LogP contribution >= 0.6 is 0 Å². The average Bonchev–Trinajstić information content (AvgIpc) is 1.63. The van der Waals surface area contributed by atoms with Crippen LogP contribution in [0, 0.1) is 5.92 Å². The van der Waals surface area contributed by atoms with Gasteiger partial charge >= 0.3 is 5.97 Å². The smallest absolute Gasteiger partial charge is 0.320 e. The third-order valence-corrected chi connectivity index (χ3v) is 1.04. The van der Waals surface area contributed by atoms with Crippen molar-refractivity contribution in [3.05, 3.63) is 0 Å². The number of nitrogens with two attached hydrogens (primary N) is 1. The lowest BCUT2D eigenvalue weighted by Crippen LogP contribution is -2.31. The van der Waals surface area contributed by atoms with E-state index in [0.29, 0.717) is 12.3 Å². The van der Waals surface area contributed by atoms with Crippen LogP contribution in [0.2, 0.25) is 0 Å². The summed E-state index contributed by atoms with van der Waals surface area (Å²) < 4.78 is 0. The highest BCUT2D eigenvalue weighted by molar-refractivity contribution is 5.75. The molecule has 0 spiro atoms. The molecule has 0 aliphatic heterocycles. The Morgan fingerprint density at radius 2 is 2.00 bits per heavy atom. The molecule has 3 nitrogen and oxygen atoms in total. The number of hydrogen-bond acceptors (Lipinski definition) is 2. The summed E-state index contributed by atoms with van der Waals surface area (Å²) in [6, 6.07) is -0.690. The molecule has 0 heterocycles. The summed E-state index contributed by atoms with van der Waals surface area (Å²) in [6.07, 6.45) is 0.551. The molecule has 1 unspecified atom stereocenters. The fourth-order valence-electron chi connectivity index (χ4n) is 0.609. The van der Waals surface area contributed by atoms with Gasteiger partial charge < -0.3 is 10.8 Å². The molecule has 0 bridgehead atoms. The highest BCUT2D eigenvalue weighted by atomic mass is 27.0. The van der Waals surface area contributed by atoms with Crippen LogP contribution in [0.4, 0.5) is 0 Å². The molecule has 3 N–H and O–H groups in total. The van der Waals surface area contributed by atoms with E-state index in [1.54, 1.807) is 0 Å². The molecule has 0 aliphatic carbocycles. The van der Waals surface area contributed by atoms with Crippen LogP contribution in [0.5, 0.6) is 0 Å². The molecular formula is C6H16AlNO2. The van der Waals surface area contributed by atoms with Crippen LogP contribution in [0.15, 0.2) is 0 Å². The van der Waals surface area contributed by atoms with Gasteiger partial charge in [0.25, 0.3) is 0 Å². The van der Waals surface area contributed by atoms with Crippen LogP contribution in [-0.2, 0) is 4.79 Å². The lowest BCUT2D eigenvalue weighted by Gasteiger charge is -2.07. The number of aliphatic carboxylic acids is 1. The van der Waals surface area contributed by atoms with Crippen molar-refractivity contribution in [3.63, 3.8) is 0 Å². The van der Waals surface area contributed by atoms with Crippen LogP contribution in [-0.4, -0.2) is 34.5 Å². The molecule has 4 heteroatoms. The van der Waals surface area contributed by atoms with Crippen molar-refractivity contribution in [3.8, 4) is 0 Å². The summed E-state index contributed by atoms with van der Waals surface area (Å²) >= 11 is 0. The standard InChI is InChI=1S/C6H13NO2.Al.3H/c1-4(2)3-5(7)6(8)9;;;;/h4-5H,3,7H2,1-2H3,(H,8,9);;;;. The molecule has 0 saturated carbocycles. The maximum atomic E-state index is 10.1. The lowest BCUT2D eigenvalue weighted by molar-refractivity contribution is -0.138. The first-order chi connectivity index (χ1) is 4.04. The summed E-state index contributed by atoms with van der Waals surface area (Å²) in [5, 5.41) is 8.31. The quantitative estimate of drug-likeness (QED) is 0.536. The molecule has 0 aromatic heterocycles. The first-order valence-electron chi connectivity index (χ1n) is 3.02. The van der Waals surface area contributed by atoms with Crippen molar-refractivity contribution in [2.24, 2.45) is 11.7 Å². The Kier molecular flexibility index (Phi) is 7.23. The molecule has 0 amide bonds. The van der Waals surface area contributed by atoms with Gasteiger partial charge in [-0.2, -0.15) is 0 Å². The third-order valence-electron chi connectivity index (χ3n) is 1.04. The van der Waals surface area contributed by atoms with Crippen molar-refractivity contribution in [2.75, 3.05) is 0 Å². The molecule has 1 atom stereocenters. The minimum Gasteiger partial charge on any atom is -0.480 e. The normalized spacial score (nSPS) is 12.4. The second kappa shape index (κ2) is 5.73. The average molecular weight is 161 g/mol. The van der Waals surface area contributed by atoms with Gasteiger partial charge in [0.1, 0.15) is 6.04 Å². The van der Waals surface area contributed by atoms with E-state index >= 15 is 0 Å². The van der Waals surface area contributed by atoms with Gasteiger partial charge in [0.2, 0.25) is 0 Å². The maximum Gasteiger partial charge on any atom is 0.320 e. The minimum absolute atomic E-state index is 0. The van der Waals surface area contributed by atoms with Gasteiger partial charge in [-0.25, -0.2) is 0 Å². The molecule has 0 aliphatic rings. The van der Waals surface area contributed by atoms with Crippen LogP contribution in [0.3, 0.4) is 0 Å². The Morgan fingerprint density at radius 3 is 2.10 bits per heavy atom. The fraction of sp³-hybridized carbons (Fsp3) is 0.833. The molecule has 0 fully saturated rings. The molecule has 60 valence electrons. The van der Waals surface area contributed by atoms with Crippen molar-refractivity contribution < 1.29 is 9.90 Å². The van der Waals surface area contributed by atoms with E-state index < -0.39 is 12.0 Å². The van der Waals surface area contributed by atoms with E-state index in [9.17, 15) is 4.79 Å². The van der Waals surface area contributed by atoms with E-state index in [4.69, 9.17) is 10.8 Å². The van der Waals surface area contributed by atoms with E-state index in [2.05, 4.69) is 0 Å². The Bertz CT molecular complexity index is 106. The van der Waals surface area contributed by atoms with Crippen LogP contribution < -0.4 is 5.73 Å². The predicted molar refractivity (Wildman–Crippen MR) is 45.0 cm³/mol. The molecule has 0 saturated heterocycles. The Balaban J connectivity index is 0. The van der Waals surface area contributed by atoms with Crippen molar-refractivity contribution >= 4 is 23.3 Å². The van der Waals surface area contributed by atoms with Gasteiger partial charge in [-0.3, -0.25) is 4.79 Å². The first kappa shape index (κ1) is 12.6. The summed E-state index contributed by atoms with van der Waals surface area (Å²) in [5.41, 5.74) is 5.22. The zero-order chi connectivity index (χ0) is 7.44. The van der Waals surface area contributed by atoms with Crippen molar-refractivity contribution in [1.29, 1.82) is 0 Å². The van der Waals surface area contributed by atoms with E-state index in [-0.39, 0.29) is 17.4 Å². The zero-order valence-electron chi connectivity index (χ0n) is 5.79. The summed E-state index contributed by atoms with van der Waals surface area (Å²) in [6.45, 7) is 3.89. The monoisotopic (exact) mass is 161 g/mol. The van der Waals surface area contributed by atoms with E-state index in [0.717, 1.165) is 0 Å². The van der Waals surface area contributed by atoms with Crippen molar-refractivity contribution in [2.45, 2.75) is 26.3 Å². The van der Waals surface area contributed by atoms with Crippen molar-refractivity contribution in [1.82, 2.24) is 0 Å². The molecule has 0 rings (SSSR count). The maximum absolute atomic E-state index is 10.1. The van der Waals surface area contributed by atoms with Crippen LogP contribution in [0.1, 0.15) is 20.3 Å². The van der Waals surface area contributed by atoms with Gasteiger partial charge in [0.05, 0.1) is 0 Å². The highest BCUT2D eigenvalue weighted by Crippen LogP contribution is 2.01. The summed E-state index contributed by atoms with van der Waals surface area (Å²) in [4.78, 5) is 10.1. The predicted octanol–water partition coefficient (Wildman–Crippen LogP) is -0.740. The second-order valence-corrected chi connectivity index (χ2v) is 2.57. The van der Waals surface area contributed by atoms with E-state index in [1.807, 2.05) is 13.8 Å². The third kappa shape index (κ3) is 6.09. The summed E-state index contributed by atoms with van der Waals surface area (Å²) in [5.74, 6) is -0.556. The molecule has 0 aromatic rings. The Hall–Kier alpha value is -0.0375. The Morgan fingerprint density at radius 1 is 1.60 bits per heavy atom. The zero-order valence-corrected chi connectivity index (χ0v) is 5.79. The lowest BCUT2D eigenvalue weighted by atomic mass is 10.1.